The molecule has 2 aliphatic heterocycles. The number of benzene rings is 3. The van der Waals surface area contributed by atoms with Crippen molar-refractivity contribution >= 4 is 44.7 Å². The van der Waals surface area contributed by atoms with E-state index in [9.17, 15) is 33.6 Å². The molecule has 59 heavy (non-hydrogen) atoms. The first-order valence-corrected chi connectivity index (χ1v) is 20.4. The first kappa shape index (κ1) is 39.5. The Morgan fingerprint density at radius 3 is 2.27 bits per heavy atom. The lowest BCUT2D eigenvalue weighted by Crippen LogP contribution is -2.40. The Labute approximate surface area is 337 Å². The van der Waals surface area contributed by atoms with Crippen molar-refractivity contribution in [3.63, 3.8) is 0 Å². The molecule has 5 atom stereocenters. The van der Waals surface area contributed by atoms with Gasteiger partial charge in [-0.15, -0.1) is 0 Å². The van der Waals surface area contributed by atoms with E-state index in [-0.39, 0.29) is 34.1 Å². The van der Waals surface area contributed by atoms with Crippen LogP contribution in [0.25, 0.3) is 11.2 Å². The van der Waals surface area contributed by atoms with Crippen molar-refractivity contribution in [3.05, 3.63) is 108 Å². The number of imidazole rings is 1. The summed E-state index contributed by atoms with van der Waals surface area (Å²) in [6, 6.07) is 20.0. The quantitative estimate of drug-likeness (QED) is 0.0881. The van der Waals surface area contributed by atoms with Gasteiger partial charge in [0.05, 0.1) is 16.9 Å². The molecule has 0 saturated carbocycles. The topological polar surface area (TPSA) is 276 Å². The van der Waals surface area contributed by atoms with Crippen LogP contribution in [0.3, 0.4) is 0 Å². The number of urea groups is 1. The number of aryl methyl sites for hydroxylation is 1. The summed E-state index contributed by atoms with van der Waals surface area (Å²) in [4.78, 5) is 29.2. The minimum atomic E-state index is -3.89. The number of fused-ring (bicyclic) bond motifs is 1. The molecule has 0 spiro atoms. The summed E-state index contributed by atoms with van der Waals surface area (Å²) >= 11 is 0. The number of sulfonamides is 1. The highest BCUT2D eigenvalue weighted by Crippen LogP contribution is 2.41. The van der Waals surface area contributed by atoms with Gasteiger partial charge in [0.25, 0.3) is 0 Å². The van der Waals surface area contributed by atoms with Crippen molar-refractivity contribution in [3.8, 4) is 11.5 Å². The number of hydrogen-bond donors (Lipinski definition) is 8. The zero-order chi connectivity index (χ0) is 41.4. The maximum Gasteiger partial charge on any atom is 0.319 e. The summed E-state index contributed by atoms with van der Waals surface area (Å²) in [7, 11) is -3.89. The van der Waals surface area contributed by atoms with Crippen molar-refractivity contribution in [2.24, 2.45) is 5.14 Å². The number of aliphatic hydroxyl groups is 2. The van der Waals surface area contributed by atoms with Crippen LogP contribution in [-0.4, -0.2) is 97.4 Å². The molecule has 0 unspecified atom stereocenters. The van der Waals surface area contributed by atoms with E-state index in [1.807, 2.05) is 36.1 Å². The minimum Gasteiger partial charge on any atom is -0.508 e. The average Bonchev–Trinajstić information content (AvgIpc) is 4.03. The number of carbonyl (C=O) groups excluding carboxylic acids is 1. The number of aromatic hydroxyl groups is 2. The number of nitrogens with two attached hydrogens (primary N) is 1. The van der Waals surface area contributed by atoms with E-state index in [0.29, 0.717) is 66.8 Å². The second-order valence-corrected chi connectivity index (χ2v) is 16.0. The Bertz CT molecular complexity index is 2510. The number of phenolic OH excluding ortho intramolecular Hbond substituents is 2. The molecule has 0 aliphatic carbocycles. The van der Waals surface area contributed by atoms with Crippen molar-refractivity contribution in [2.45, 2.75) is 61.2 Å². The number of rotatable bonds is 12. The molecule has 5 heterocycles. The molecule has 6 aromatic rings. The van der Waals surface area contributed by atoms with Crippen LogP contribution in [0.5, 0.6) is 11.5 Å². The summed E-state index contributed by atoms with van der Waals surface area (Å²) in [6.07, 6.45) is -2.28. The average molecular weight is 827 g/mol. The predicted molar refractivity (Wildman–Crippen MR) is 213 cm³/mol. The van der Waals surface area contributed by atoms with E-state index in [1.54, 1.807) is 30.3 Å². The number of aliphatic hydroxyl groups excluding tert-OH is 2. The van der Waals surface area contributed by atoms with Crippen LogP contribution < -0.4 is 26.0 Å². The van der Waals surface area contributed by atoms with Gasteiger partial charge in [0.15, 0.2) is 29.0 Å². The molecule has 308 valence electrons. The summed E-state index contributed by atoms with van der Waals surface area (Å²) < 4.78 is 36.4. The Morgan fingerprint density at radius 1 is 0.966 bits per heavy atom. The fourth-order valence-corrected chi connectivity index (χ4v) is 7.81. The molecule has 0 radical (unpaired) electrons. The van der Waals surface area contributed by atoms with E-state index in [2.05, 4.69) is 26.1 Å². The van der Waals surface area contributed by atoms with Crippen molar-refractivity contribution < 1.29 is 42.9 Å². The van der Waals surface area contributed by atoms with Crippen LogP contribution in [0.1, 0.15) is 54.2 Å². The Hall–Kier alpha value is -6.32. The maximum atomic E-state index is 13.0. The first-order valence-electron chi connectivity index (χ1n) is 18.8. The molecule has 2 aliphatic rings. The van der Waals surface area contributed by atoms with E-state index in [4.69, 9.17) is 24.4 Å². The highest BCUT2D eigenvalue weighted by atomic mass is 32.2. The van der Waals surface area contributed by atoms with Crippen molar-refractivity contribution in [1.82, 2.24) is 30.0 Å². The third kappa shape index (κ3) is 8.34. The van der Waals surface area contributed by atoms with Gasteiger partial charge in [0.1, 0.15) is 29.8 Å². The van der Waals surface area contributed by atoms with E-state index >= 15 is 0 Å². The van der Waals surface area contributed by atoms with Gasteiger partial charge in [-0.1, -0.05) is 36.3 Å². The van der Waals surface area contributed by atoms with Crippen LogP contribution in [0.15, 0.2) is 94.6 Å². The fraction of sp³-hybridized carbons (Fsp3) is 0.308. The SMILES string of the molecule is CCc1cc([C@H]2O[C@@H](n3cnc4c(NCC(c5ccc(O)cc5)c5ccc(O)cc5)nc(N5CC[C@H](NC(=O)Nc6ccc(S(N)(=O)=O)cc6)C5)nc43)[C@H](O)[C@@H]2O)on1. The number of carbonyl (C=O) groups is 1. The van der Waals surface area contributed by atoms with Gasteiger partial charge in [-0.2, -0.15) is 9.97 Å². The van der Waals surface area contributed by atoms with E-state index in [0.717, 1.165) is 11.1 Å². The smallest absolute Gasteiger partial charge is 0.319 e. The van der Waals surface area contributed by atoms with Crippen LogP contribution in [-0.2, 0) is 21.2 Å². The number of anilines is 3. The largest absolute Gasteiger partial charge is 0.508 e. The molecule has 3 aromatic carbocycles. The molecule has 2 saturated heterocycles. The number of amides is 2. The molecule has 2 fully saturated rings. The standard InChI is InChI=1S/C39H42N10O9S/c1-2-23-17-30(58-47-23)34-32(52)33(53)37(57-34)49-20-42-31-35(41-18-29(21-3-9-26(50)10-4-21)22-5-11-27(51)12-6-22)45-38(46-36(31)49)48-16-15-25(19-48)44-39(54)43-24-7-13-28(14-8-24)59(40,55)56/h3-14,17,20,25,29,32-34,37,50-53H,2,15-16,18-19H2,1H3,(H2,40,55,56)(H,41,45,46)(H2,43,44,54)/t25-,32-,33+,34+,37+/m0/s1. The molecule has 3 aromatic heterocycles. The zero-order valence-electron chi connectivity index (χ0n) is 31.6. The highest BCUT2D eigenvalue weighted by molar-refractivity contribution is 7.89. The van der Waals surface area contributed by atoms with Gasteiger partial charge in [-0.25, -0.2) is 23.3 Å². The number of ether oxygens (including phenoxy) is 1. The van der Waals surface area contributed by atoms with Crippen molar-refractivity contribution in [2.75, 3.05) is 35.2 Å². The summed E-state index contributed by atoms with van der Waals surface area (Å²) in [6.45, 7) is 3.00. The lowest BCUT2D eigenvalue weighted by molar-refractivity contribution is -0.0434. The van der Waals surface area contributed by atoms with Gasteiger partial charge in [0.2, 0.25) is 16.0 Å². The van der Waals surface area contributed by atoms with Crippen LogP contribution >= 0.6 is 0 Å². The zero-order valence-corrected chi connectivity index (χ0v) is 32.4. The summed E-state index contributed by atoms with van der Waals surface area (Å²) in [5.74, 6) is 0.886. The summed E-state index contributed by atoms with van der Waals surface area (Å²) in [5.41, 5.74) is 3.45. The normalized spacial score (nSPS) is 20.7. The number of phenols is 2. The Balaban J connectivity index is 1.08. The van der Waals surface area contributed by atoms with E-state index < -0.39 is 40.6 Å². The van der Waals surface area contributed by atoms with Gasteiger partial charge in [0, 0.05) is 43.3 Å². The highest BCUT2D eigenvalue weighted by Gasteiger charge is 2.47. The number of primary sulfonamides is 1. The van der Waals surface area contributed by atoms with Crippen LogP contribution in [0, 0.1) is 0 Å². The number of nitrogens with zero attached hydrogens (tertiary/aromatic N) is 6. The minimum absolute atomic E-state index is 0.0799. The van der Waals surface area contributed by atoms with Gasteiger partial charge < -0.3 is 50.5 Å². The third-order valence-electron chi connectivity index (χ3n) is 10.5. The first-order chi connectivity index (χ1) is 28.3. The molecular weight excluding hydrogens is 785 g/mol. The Kier molecular flexibility index (Phi) is 10.8. The van der Waals surface area contributed by atoms with Crippen LogP contribution in [0.4, 0.5) is 22.2 Å². The molecule has 0 bridgehead atoms. The predicted octanol–water partition coefficient (Wildman–Crippen LogP) is 3.07. The fourth-order valence-electron chi connectivity index (χ4n) is 7.29. The second-order valence-electron chi connectivity index (χ2n) is 14.4. The van der Waals surface area contributed by atoms with Crippen LogP contribution in [0.2, 0.25) is 0 Å². The van der Waals surface area contributed by atoms with Gasteiger partial charge >= 0.3 is 6.03 Å². The molecule has 9 N–H and O–H groups in total. The molecule has 2 amide bonds. The van der Waals surface area contributed by atoms with Gasteiger partial charge in [-0.3, -0.25) is 4.57 Å². The van der Waals surface area contributed by atoms with E-state index in [1.165, 1.54) is 35.2 Å². The maximum absolute atomic E-state index is 13.0. The number of nitrogens with one attached hydrogen (secondary N) is 3. The molecular formula is C39H42N10O9S. The summed E-state index contributed by atoms with van der Waals surface area (Å²) in [5, 5.41) is 60.7. The monoisotopic (exact) mass is 826 g/mol. The third-order valence-corrected chi connectivity index (χ3v) is 11.4. The Morgan fingerprint density at radius 2 is 1.64 bits per heavy atom. The molecule has 8 rings (SSSR count). The van der Waals surface area contributed by atoms with Crippen molar-refractivity contribution in [1.29, 1.82) is 0 Å². The van der Waals surface area contributed by atoms with Gasteiger partial charge in [-0.05, 0) is 72.5 Å². The lowest BCUT2D eigenvalue weighted by atomic mass is 9.91. The number of hydrogen-bond acceptors (Lipinski definition) is 15. The lowest BCUT2D eigenvalue weighted by Gasteiger charge is -2.22. The molecule has 19 nitrogen and oxygen atoms in total. The molecule has 20 heteroatoms. The number of aromatic nitrogens is 5. The second kappa shape index (κ2) is 16.1.